The lowest BCUT2D eigenvalue weighted by Gasteiger charge is -1.93. The Balaban J connectivity index is 2.70. The number of nitrogens with one attached hydrogen (secondary N) is 1. The number of hydrogen-bond donors (Lipinski definition) is 2. The van der Waals surface area contributed by atoms with Crippen LogP contribution in [0, 0.1) is 0 Å². The third-order valence-corrected chi connectivity index (χ3v) is 2.32. The Morgan fingerprint density at radius 3 is 3.00 bits per heavy atom. The fraction of sp³-hybridized carbons (Fsp3) is 0.500. The van der Waals surface area contributed by atoms with Crippen molar-refractivity contribution in [3.8, 4) is 0 Å². The normalized spacial score (nSPS) is 10.6. The van der Waals surface area contributed by atoms with Crippen molar-refractivity contribution in [3.05, 3.63) is 21.9 Å². The van der Waals surface area contributed by atoms with Crippen molar-refractivity contribution >= 4 is 15.9 Å². The molecule has 0 aliphatic carbocycles. The van der Waals surface area contributed by atoms with Gasteiger partial charge in [0.05, 0.1) is 11.2 Å². The summed E-state index contributed by atoms with van der Waals surface area (Å²) < 4.78 is 6.01. The average Bonchev–Trinajstić information content (AvgIpc) is 2.34. The molecule has 0 amide bonds. The first-order chi connectivity index (χ1) is 5.77. The second-order valence-corrected chi connectivity index (χ2v) is 3.40. The lowest BCUT2D eigenvalue weighted by molar-refractivity contribution is 0.184. The Morgan fingerprint density at radius 2 is 2.42 bits per heavy atom. The van der Waals surface area contributed by atoms with Gasteiger partial charge in [-0.15, -0.1) is 0 Å². The van der Waals surface area contributed by atoms with Gasteiger partial charge in [-0.05, 0) is 35.0 Å². The third kappa shape index (κ3) is 2.33. The maximum atomic E-state index is 5.43. The predicted molar refractivity (Wildman–Crippen MR) is 52.0 cm³/mol. The van der Waals surface area contributed by atoms with Crippen LogP contribution in [0.5, 0.6) is 0 Å². The third-order valence-electron chi connectivity index (χ3n) is 1.61. The van der Waals surface area contributed by atoms with Crippen molar-refractivity contribution in [1.82, 2.24) is 4.98 Å². The lowest BCUT2D eigenvalue weighted by Crippen LogP contribution is -2.02. The molecule has 1 rings (SSSR count). The Labute approximate surface area is 80.4 Å². The Hall–Kier alpha value is -0.320. The van der Waals surface area contributed by atoms with Crippen LogP contribution in [0.1, 0.15) is 11.3 Å². The van der Waals surface area contributed by atoms with Crippen molar-refractivity contribution in [3.63, 3.8) is 0 Å². The molecule has 0 saturated carbocycles. The van der Waals surface area contributed by atoms with E-state index in [1.807, 2.05) is 0 Å². The number of rotatable bonds is 4. The van der Waals surface area contributed by atoms with Crippen LogP contribution in [-0.2, 0) is 17.8 Å². The number of H-pyrrole nitrogens is 1. The molecule has 0 aliphatic heterocycles. The Bertz CT molecular complexity index is 247. The molecule has 0 saturated heterocycles. The quantitative estimate of drug-likeness (QED) is 0.826. The summed E-state index contributed by atoms with van der Waals surface area (Å²) in [4.78, 5) is 3.19. The highest BCUT2D eigenvalue weighted by Crippen LogP contribution is 2.18. The molecule has 0 fully saturated rings. The van der Waals surface area contributed by atoms with Crippen molar-refractivity contribution < 1.29 is 4.74 Å². The first-order valence-electron chi connectivity index (χ1n) is 3.83. The molecule has 3 N–H and O–H groups in total. The van der Waals surface area contributed by atoms with Crippen molar-refractivity contribution in [2.45, 2.75) is 13.0 Å². The summed E-state index contributed by atoms with van der Waals surface area (Å²) in [5.74, 6) is 0. The van der Waals surface area contributed by atoms with Crippen LogP contribution in [0.4, 0.5) is 0 Å². The number of hydrogen-bond acceptors (Lipinski definition) is 2. The Kier molecular flexibility index (Phi) is 3.78. The van der Waals surface area contributed by atoms with Gasteiger partial charge in [0.2, 0.25) is 0 Å². The van der Waals surface area contributed by atoms with Crippen molar-refractivity contribution in [2.24, 2.45) is 5.73 Å². The summed E-state index contributed by atoms with van der Waals surface area (Å²) >= 11 is 3.41. The average molecular weight is 233 g/mol. The molecule has 0 spiro atoms. The maximum Gasteiger partial charge on any atom is 0.0878 e. The highest BCUT2D eigenvalue weighted by atomic mass is 79.9. The minimum Gasteiger partial charge on any atom is -0.380 e. The molecule has 1 heterocycles. The first kappa shape index (κ1) is 9.77. The van der Waals surface area contributed by atoms with Gasteiger partial charge >= 0.3 is 0 Å². The molecular weight excluding hydrogens is 220 g/mol. The fourth-order valence-corrected chi connectivity index (χ4v) is 1.57. The van der Waals surface area contributed by atoms with E-state index in [9.17, 15) is 0 Å². The van der Waals surface area contributed by atoms with E-state index in [2.05, 4.69) is 27.0 Å². The molecule has 68 valence electrons. The number of ether oxygens (including phenoxy) is 1. The summed E-state index contributed by atoms with van der Waals surface area (Å²) in [6.07, 6.45) is 0.877. The van der Waals surface area contributed by atoms with Gasteiger partial charge in [0.25, 0.3) is 0 Å². The van der Waals surface area contributed by atoms with E-state index in [4.69, 9.17) is 10.5 Å². The Morgan fingerprint density at radius 1 is 1.67 bits per heavy atom. The maximum absolute atomic E-state index is 5.43. The van der Waals surface area contributed by atoms with Crippen LogP contribution in [-0.4, -0.2) is 18.6 Å². The van der Waals surface area contributed by atoms with Gasteiger partial charge in [0.15, 0.2) is 0 Å². The van der Waals surface area contributed by atoms with Crippen LogP contribution >= 0.6 is 15.9 Å². The summed E-state index contributed by atoms with van der Waals surface area (Å²) in [7, 11) is 1.68. The van der Waals surface area contributed by atoms with Gasteiger partial charge < -0.3 is 15.5 Å². The topological polar surface area (TPSA) is 51.0 Å². The molecule has 3 nitrogen and oxygen atoms in total. The summed E-state index contributed by atoms with van der Waals surface area (Å²) in [6.45, 7) is 1.29. The zero-order valence-corrected chi connectivity index (χ0v) is 8.65. The SMILES string of the molecule is COCc1cc(CCN)[nH]c1Br. The first-order valence-corrected chi connectivity index (χ1v) is 4.62. The van der Waals surface area contributed by atoms with E-state index in [1.165, 1.54) is 0 Å². The number of nitrogens with two attached hydrogens (primary N) is 1. The molecule has 0 atom stereocenters. The molecule has 1 aromatic rings. The molecule has 0 aromatic carbocycles. The molecular formula is C8H13BrN2O. The number of aromatic amines is 1. The zero-order valence-electron chi connectivity index (χ0n) is 7.06. The summed E-state index contributed by atoms with van der Waals surface area (Å²) in [5, 5.41) is 0. The number of methoxy groups -OCH3 is 1. The van der Waals surface area contributed by atoms with Crippen LogP contribution in [0.15, 0.2) is 10.7 Å². The molecule has 12 heavy (non-hydrogen) atoms. The van der Waals surface area contributed by atoms with Crippen LogP contribution < -0.4 is 5.73 Å². The van der Waals surface area contributed by atoms with E-state index in [0.29, 0.717) is 13.2 Å². The second kappa shape index (κ2) is 4.64. The van der Waals surface area contributed by atoms with E-state index in [-0.39, 0.29) is 0 Å². The van der Waals surface area contributed by atoms with Crippen LogP contribution in [0.3, 0.4) is 0 Å². The predicted octanol–water partition coefficient (Wildman–Crippen LogP) is 1.42. The van der Waals surface area contributed by atoms with Gasteiger partial charge in [0.1, 0.15) is 0 Å². The van der Waals surface area contributed by atoms with E-state index in [1.54, 1.807) is 7.11 Å². The van der Waals surface area contributed by atoms with Crippen LogP contribution in [0.25, 0.3) is 0 Å². The molecule has 0 bridgehead atoms. The highest BCUT2D eigenvalue weighted by molar-refractivity contribution is 9.10. The fourth-order valence-electron chi connectivity index (χ4n) is 1.08. The van der Waals surface area contributed by atoms with Gasteiger partial charge in [0, 0.05) is 18.4 Å². The summed E-state index contributed by atoms with van der Waals surface area (Å²) in [5.41, 5.74) is 7.72. The number of halogens is 1. The molecule has 0 radical (unpaired) electrons. The van der Waals surface area contributed by atoms with Gasteiger partial charge in [-0.3, -0.25) is 0 Å². The standard InChI is InChI=1S/C8H13BrN2O/c1-12-5-6-4-7(2-3-10)11-8(6)9/h4,11H,2-3,5,10H2,1H3. The molecule has 4 heteroatoms. The second-order valence-electron chi connectivity index (χ2n) is 2.61. The minimum atomic E-state index is 0.627. The van der Waals surface area contributed by atoms with Crippen LogP contribution in [0.2, 0.25) is 0 Å². The van der Waals surface area contributed by atoms with Gasteiger partial charge in [-0.25, -0.2) is 0 Å². The number of aromatic nitrogens is 1. The zero-order chi connectivity index (χ0) is 8.97. The molecule has 0 unspecified atom stereocenters. The van der Waals surface area contributed by atoms with Gasteiger partial charge in [-0.1, -0.05) is 0 Å². The minimum absolute atomic E-state index is 0.627. The van der Waals surface area contributed by atoms with Gasteiger partial charge in [-0.2, -0.15) is 0 Å². The van der Waals surface area contributed by atoms with Crippen molar-refractivity contribution in [2.75, 3.05) is 13.7 Å². The summed E-state index contributed by atoms with van der Waals surface area (Å²) in [6, 6.07) is 2.07. The largest absolute Gasteiger partial charge is 0.380 e. The lowest BCUT2D eigenvalue weighted by atomic mass is 10.3. The monoisotopic (exact) mass is 232 g/mol. The highest BCUT2D eigenvalue weighted by Gasteiger charge is 2.03. The van der Waals surface area contributed by atoms with E-state index < -0.39 is 0 Å². The smallest absolute Gasteiger partial charge is 0.0878 e. The molecule has 1 aromatic heterocycles. The van der Waals surface area contributed by atoms with E-state index in [0.717, 1.165) is 22.3 Å². The van der Waals surface area contributed by atoms with Crippen molar-refractivity contribution in [1.29, 1.82) is 0 Å². The van der Waals surface area contributed by atoms with E-state index >= 15 is 0 Å². The molecule has 0 aliphatic rings.